The number of hydrogen-bond acceptors (Lipinski definition) is 6. The average Bonchev–Trinajstić information content (AvgIpc) is 3.35. The molecule has 0 aliphatic rings. The summed E-state index contributed by atoms with van der Waals surface area (Å²) in [7, 11) is 0. The second kappa shape index (κ2) is 56.9. The molecule has 0 saturated heterocycles. The molecule has 0 amide bonds. The summed E-state index contributed by atoms with van der Waals surface area (Å²) in [6, 6.07) is 0. The predicted molar refractivity (Wildman–Crippen MR) is 297 cm³/mol. The highest BCUT2D eigenvalue weighted by Crippen LogP contribution is 2.14. The molecule has 0 bridgehead atoms. The Morgan fingerprint density at radius 2 is 0.594 bits per heavy atom. The van der Waals surface area contributed by atoms with Crippen LogP contribution in [0.5, 0.6) is 0 Å². The van der Waals surface area contributed by atoms with E-state index < -0.39 is 6.10 Å². The van der Waals surface area contributed by atoms with E-state index in [2.05, 4.69) is 112 Å². The monoisotopic (exact) mass is 959 g/mol. The molecule has 0 aromatic carbocycles. The molecule has 0 fully saturated rings. The minimum Gasteiger partial charge on any atom is -0.462 e. The van der Waals surface area contributed by atoms with Crippen molar-refractivity contribution in [2.24, 2.45) is 0 Å². The number of allylic oxidation sites excluding steroid dienone is 16. The van der Waals surface area contributed by atoms with E-state index in [4.69, 9.17) is 14.2 Å². The molecule has 394 valence electrons. The third-order valence-electron chi connectivity index (χ3n) is 12.1. The topological polar surface area (TPSA) is 78.9 Å². The van der Waals surface area contributed by atoms with Gasteiger partial charge in [-0.15, -0.1) is 0 Å². The number of carbonyl (C=O) groups is 3. The van der Waals surface area contributed by atoms with Crippen molar-refractivity contribution < 1.29 is 28.6 Å². The van der Waals surface area contributed by atoms with Crippen LogP contribution in [0.2, 0.25) is 0 Å². The molecule has 1 atom stereocenters. The fraction of sp³-hybridized carbons (Fsp3) is 0.698. The van der Waals surface area contributed by atoms with Gasteiger partial charge in [0.25, 0.3) is 0 Å². The molecule has 0 saturated carbocycles. The van der Waals surface area contributed by atoms with Gasteiger partial charge < -0.3 is 14.2 Å². The average molecular weight is 960 g/mol. The maximum Gasteiger partial charge on any atom is 0.306 e. The van der Waals surface area contributed by atoms with Crippen molar-refractivity contribution in [1.82, 2.24) is 0 Å². The molecule has 0 aromatic rings. The Hall–Kier alpha value is -3.67. The second-order valence-corrected chi connectivity index (χ2v) is 18.8. The zero-order valence-corrected chi connectivity index (χ0v) is 45.0. The summed E-state index contributed by atoms with van der Waals surface area (Å²) in [5.41, 5.74) is 0. The SMILES string of the molecule is CC/C=C\C/C=C\C/C=C\C/C=C\C/C=C\C/C=C\CCC(=O)OC[C@H](COC(=O)CCCCCCC/C=C\CCCCCC)OC(=O)CCCCCCCCCCC/C=C\CCCCCCCC. The number of rotatable bonds is 51. The second-order valence-electron chi connectivity index (χ2n) is 18.8. The van der Waals surface area contributed by atoms with Crippen molar-refractivity contribution in [2.75, 3.05) is 13.2 Å². The van der Waals surface area contributed by atoms with Crippen LogP contribution in [-0.4, -0.2) is 37.2 Å². The van der Waals surface area contributed by atoms with Crippen molar-refractivity contribution in [3.63, 3.8) is 0 Å². The molecule has 0 radical (unpaired) electrons. The lowest BCUT2D eigenvalue weighted by Gasteiger charge is -2.18. The van der Waals surface area contributed by atoms with Crippen LogP contribution in [0.25, 0.3) is 0 Å². The fourth-order valence-electron chi connectivity index (χ4n) is 7.75. The maximum absolute atomic E-state index is 12.9. The van der Waals surface area contributed by atoms with E-state index in [0.29, 0.717) is 19.3 Å². The van der Waals surface area contributed by atoms with Crippen molar-refractivity contribution in [3.8, 4) is 0 Å². The zero-order valence-electron chi connectivity index (χ0n) is 45.0. The summed E-state index contributed by atoms with van der Waals surface area (Å²) in [5, 5.41) is 0. The maximum atomic E-state index is 12.9. The molecule has 0 unspecified atom stereocenters. The Morgan fingerprint density at radius 3 is 0.986 bits per heavy atom. The highest BCUT2D eigenvalue weighted by molar-refractivity contribution is 5.71. The van der Waals surface area contributed by atoms with Crippen LogP contribution >= 0.6 is 0 Å². The van der Waals surface area contributed by atoms with Gasteiger partial charge >= 0.3 is 17.9 Å². The van der Waals surface area contributed by atoms with Gasteiger partial charge in [0.05, 0.1) is 0 Å². The van der Waals surface area contributed by atoms with Crippen LogP contribution in [0.4, 0.5) is 0 Å². The third kappa shape index (κ3) is 55.1. The summed E-state index contributed by atoms with van der Waals surface area (Å²) < 4.78 is 16.8. The van der Waals surface area contributed by atoms with Gasteiger partial charge in [0, 0.05) is 19.3 Å². The van der Waals surface area contributed by atoms with Gasteiger partial charge in [-0.2, -0.15) is 0 Å². The standard InChI is InChI=1S/C63H106O6/c1-4-7-10-13-16-19-22-25-27-29-31-33-35-38-41-44-47-50-53-56-62(65)68-59-60(58-67-61(64)55-52-49-46-43-40-37-24-21-18-15-12-9-6-3)69-63(66)57-54-51-48-45-42-39-36-34-32-30-28-26-23-20-17-14-11-8-5-2/h7,10,16,19,21,24-28,31,33,38,41,47,50,60H,4-6,8-9,11-15,17-18,20,22-23,29-30,32,34-37,39-40,42-46,48-49,51-59H2,1-3H3/b10-7-,19-16-,24-21-,27-25-,28-26-,33-31-,41-38-,50-47-/t60-/m0/s1. The summed E-state index contributed by atoms with van der Waals surface area (Å²) in [6.45, 7) is 6.44. The lowest BCUT2D eigenvalue weighted by Crippen LogP contribution is -2.30. The largest absolute Gasteiger partial charge is 0.462 e. The lowest BCUT2D eigenvalue weighted by atomic mass is 10.1. The fourth-order valence-corrected chi connectivity index (χ4v) is 7.75. The smallest absolute Gasteiger partial charge is 0.306 e. The summed E-state index contributed by atoms with van der Waals surface area (Å²) in [5.74, 6) is -1.00. The predicted octanol–water partition coefficient (Wildman–Crippen LogP) is 19.3. The van der Waals surface area contributed by atoms with Crippen molar-refractivity contribution in [3.05, 3.63) is 97.2 Å². The van der Waals surface area contributed by atoms with E-state index in [9.17, 15) is 14.4 Å². The van der Waals surface area contributed by atoms with Crippen LogP contribution in [0.1, 0.15) is 265 Å². The molecule has 69 heavy (non-hydrogen) atoms. The van der Waals surface area contributed by atoms with E-state index in [1.165, 1.54) is 128 Å². The van der Waals surface area contributed by atoms with E-state index in [1.54, 1.807) is 0 Å². The van der Waals surface area contributed by atoms with Gasteiger partial charge in [0.15, 0.2) is 6.10 Å². The van der Waals surface area contributed by atoms with Gasteiger partial charge in [0.2, 0.25) is 0 Å². The first-order chi connectivity index (χ1) is 34.0. The third-order valence-corrected chi connectivity index (χ3v) is 12.1. The minimum absolute atomic E-state index is 0.106. The van der Waals surface area contributed by atoms with Crippen LogP contribution < -0.4 is 0 Å². The van der Waals surface area contributed by atoms with Crippen molar-refractivity contribution in [2.45, 2.75) is 271 Å². The van der Waals surface area contributed by atoms with Gasteiger partial charge in [-0.05, 0) is 109 Å². The van der Waals surface area contributed by atoms with E-state index in [-0.39, 0.29) is 37.5 Å². The highest BCUT2D eigenvalue weighted by Gasteiger charge is 2.19. The number of ether oxygens (including phenoxy) is 3. The first-order valence-electron chi connectivity index (χ1n) is 28.7. The van der Waals surface area contributed by atoms with E-state index >= 15 is 0 Å². The molecule has 0 aliphatic heterocycles. The van der Waals surface area contributed by atoms with Gasteiger partial charge in [-0.25, -0.2) is 0 Å². The van der Waals surface area contributed by atoms with Gasteiger partial charge in [-0.3, -0.25) is 14.4 Å². The van der Waals surface area contributed by atoms with Crippen LogP contribution in [0, 0.1) is 0 Å². The summed E-state index contributed by atoms with van der Waals surface area (Å²) in [4.78, 5) is 38.1. The van der Waals surface area contributed by atoms with Gasteiger partial charge in [-0.1, -0.05) is 234 Å². The van der Waals surface area contributed by atoms with Crippen LogP contribution in [0.15, 0.2) is 97.2 Å². The number of unbranched alkanes of at least 4 members (excludes halogenated alkanes) is 24. The Kier molecular flexibility index (Phi) is 53.9. The Bertz CT molecular complexity index is 1380. The number of carbonyl (C=O) groups excluding carboxylic acids is 3. The highest BCUT2D eigenvalue weighted by atomic mass is 16.6. The first kappa shape index (κ1) is 65.3. The number of hydrogen-bond donors (Lipinski definition) is 0. The summed E-state index contributed by atoms with van der Waals surface area (Å²) >= 11 is 0. The van der Waals surface area contributed by atoms with Gasteiger partial charge in [0.1, 0.15) is 13.2 Å². The summed E-state index contributed by atoms with van der Waals surface area (Å²) in [6.07, 6.45) is 75.5. The Morgan fingerprint density at radius 1 is 0.304 bits per heavy atom. The lowest BCUT2D eigenvalue weighted by molar-refractivity contribution is -0.166. The zero-order chi connectivity index (χ0) is 50.0. The number of esters is 3. The molecular weight excluding hydrogens is 853 g/mol. The molecule has 0 N–H and O–H groups in total. The van der Waals surface area contributed by atoms with Crippen LogP contribution in [-0.2, 0) is 28.6 Å². The molecule has 6 heteroatoms. The van der Waals surface area contributed by atoms with Crippen LogP contribution in [0.3, 0.4) is 0 Å². The Labute approximate surface area is 426 Å². The molecule has 0 heterocycles. The van der Waals surface area contributed by atoms with E-state index in [0.717, 1.165) is 89.9 Å². The van der Waals surface area contributed by atoms with Crippen molar-refractivity contribution >= 4 is 17.9 Å². The normalized spacial score (nSPS) is 12.8. The Balaban J connectivity index is 4.49. The minimum atomic E-state index is -0.813. The van der Waals surface area contributed by atoms with Crippen molar-refractivity contribution in [1.29, 1.82) is 0 Å². The quantitative estimate of drug-likeness (QED) is 0.0262. The first-order valence-corrected chi connectivity index (χ1v) is 28.7. The molecule has 0 aliphatic carbocycles. The molecule has 0 rings (SSSR count). The molecule has 0 aromatic heterocycles. The molecule has 6 nitrogen and oxygen atoms in total. The molecular formula is C63H106O6. The van der Waals surface area contributed by atoms with E-state index in [1.807, 2.05) is 6.08 Å². The molecule has 0 spiro atoms.